The molecule has 0 unspecified atom stereocenters. The maximum absolute atomic E-state index is 11.7. The third kappa shape index (κ3) is 12.2. The largest absolute Gasteiger partial charge is 0.444 e. The Morgan fingerprint density at radius 2 is 1.42 bits per heavy atom. The van der Waals surface area contributed by atoms with Crippen LogP contribution in [0.15, 0.2) is 0 Å². The van der Waals surface area contributed by atoms with Crippen LogP contribution in [0.25, 0.3) is 0 Å². The Labute approximate surface area is 147 Å². The summed E-state index contributed by atoms with van der Waals surface area (Å²) in [5, 5.41) is 5.57. The van der Waals surface area contributed by atoms with Crippen LogP contribution in [0.1, 0.15) is 61.8 Å². The standard InChI is InChI=1S/C18H36N2O4/c1-9-19-14(21)10-17(5,6)12-23-13-18(7,8)11-20-15(22)24-16(2,3)4/h9-13H2,1-8H3,(H,19,21)(H,20,22). The van der Waals surface area contributed by atoms with Gasteiger partial charge in [-0.15, -0.1) is 0 Å². The third-order valence-corrected chi connectivity index (χ3v) is 3.11. The van der Waals surface area contributed by atoms with Gasteiger partial charge < -0.3 is 20.1 Å². The Balaban J connectivity index is 4.19. The van der Waals surface area contributed by atoms with E-state index in [1.807, 2.05) is 55.4 Å². The summed E-state index contributed by atoms with van der Waals surface area (Å²) in [6, 6.07) is 0. The van der Waals surface area contributed by atoms with E-state index in [4.69, 9.17) is 9.47 Å². The molecule has 0 aromatic heterocycles. The van der Waals surface area contributed by atoms with Gasteiger partial charge >= 0.3 is 6.09 Å². The van der Waals surface area contributed by atoms with Crippen LogP contribution < -0.4 is 10.6 Å². The number of hydrogen-bond acceptors (Lipinski definition) is 4. The Morgan fingerprint density at radius 3 is 1.92 bits per heavy atom. The first kappa shape index (κ1) is 22.7. The number of ether oxygens (including phenoxy) is 2. The lowest BCUT2D eigenvalue weighted by molar-refractivity contribution is -0.124. The highest BCUT2D eigenvalue weighted by Gasteiger charge is 2.26. The maximum Gasteiger partial charge on any atom is 0.407 e. The van der Waals surface area contributed by atoms with Crippen molar-refractivity contribution >= 4 is 12.0 Å². The van der Waals surface area contributed by atoms with Gasteiger partial charge in [-0.25, -0.2) is 4.79 Å². The Morgan fingerprint density at radius 1 is 0.875 bits per heavy atom. The molecule has 0 aliphatic carbocycles. The summed E-state index contributed by atoms with van der Waals surface area (Å²) in [5.74, 6) is 0.0388. The molecule has 0 saturated heterocycles. The van der Waals surface area contributed by atoms with E-state index < -0.39 is 11.7 Å². The van der Waals surface area contributed by atoms with Crippen LogP contribution >= 0.6 is 0 Å². The molecule has 0 fully saturated rings. The van der Waals surface area contributed by atoms with Gasteiger partial charge in [0, 0.05) is 24.9 Å². The van der Waals surface area contributed by atoms with Crippen LogP contribution in [0.2, 0.25) is 0 Å². The molecule has 0 atom stereocenters. The minimum absolute atomic E-state index is 0.0388. The van der Waals surface area contributed by atoms with E-state index in [9.17, 15) is 9.59 Å². The number of hydrogen-bond donors (Lipinski definition) is 2. The second-order valence-corrected chi connectivity index (χ2v) is 8.81. The van der Waals surface area contributed by atoms with Crippen molar-refractivity contribution in [1.29, 1.82) is 0 Å². The summed E-state index contributed by atoms with van der Waals surface area (Å²) in [7, 11) is 0. The van der Waals surface area contributed by atoms with E-state index in [0.29, 0.717) is 32.7 Å². The third-order valence-electron chi connectivity index (χ3n) is 3.11. The molecule has 0 spiro atoms. The second-order valence-electron chi connectivity index (χ2n) is 8.81. The van der Waals surface area contributed by atoms with E-state index in [-0.39, 0.29) is 16.7 Å². The summed E-state index contributed by atoms with van der Waals surface area (Å²) in [6.07, 6.45) is 0.00406. The molecule has 0 rings (SSSR count). The lowest BCUT2D eigenvalue weighted by atomic mass is 9.89. The number of rotatable bonds is 9. The Kier molecular flexibility index (Phi) is 8.75. The zero-order chi connectivity index (χ0) is 19.0. The molecule has 0 aliphatic rings. The first-order valence-corrected chi connectivity index (χ1v) is 8.58. The molecular formula is C18H36N2O4. The second kappa shape index (κ2) is 9.25. The molecule has 0 aromatic carbocycles. The van der Waals surface area contributed by atoms with Gasteiger partial charge in [0.15, 0.2) is 0 Å². The van der Waals surface area contributed by atoms with Gasteiger partial charge in [-0.3, -0.25) is 4.79 Å². The lowest BCUT2D eigenvalue weighted by Gasteiger charge is -2.29. The molecule has 0 bridgehead atoms. The highest BCUT2D eigenvalue weighted by atomic mass is 16.6. The van der Waals surface area contributed by atoms with Gasteiger partial charge in [0.05, 0.1) is 13.2 Å². The molecule has 0 saturated carbocycles. The van der Waals surface area contributed by atoms with E-state index in [1.54, 1.807) is 0 Å². The quantitative estimate of drug-likeness (QED) is 0.674. The first-order chi connectivity index (χ1) is 10.8. The number of alkyl carbamates (subject to hydrolysis) is 1. The first-order valence-electron chi connectivity index (χ1n) is 8.58. The summed E-state index contributed by atoms with van der Waals surface area (Å²) >= 11 is 0. The van der Waals surface area contributed by atoms with Gasteiger partial charge in [-0.1, -0.05) is 27.7 Å². The number of amides is 2. The average Bonchev–Trinajstić information content (AvgIpc) is 2.33. The van der Waals surface area contributed by atoms with Crippen LogP contribution in [-0.2, 0) is 14.3 Å². The molecule has 6 nitrogen and oxygen atoms in total. The number of carbonyl (C=O) groups excluding carboxylic acids is 2. The zero-order valence-electron chi connectivity index (χ0n) is 16.7. The number of carbonyl (C=O) groups is 2. The van der Waals surface area contributed by atoms with Crippen molar-refractivity contribution in [2.45, 2.75) is 67.4 Å². The fraction of sp³-hybridized carbons (Fsp3) is 0.889. The lowest BCUT2D eigenvalue weighted by Crippen LogP contribution is -2.40. The molecule has 142 valence electrons. The molecule has 2 amide bonds. The van der Waals surface area contributed by atoms with E-state index in [0.717, 1.165) is 0 Å². The molecule has 2 N–H and O–H groups in total. The summed E-state index contributed by atoms with van der Waals surface area (Å²) in [6.45, 7) is 17.5. The molecular weight excluding hydrogens is 308 g/mol. The van der Waals surface area contributed by atoms with Crippen molar-refractivity contribution in [1.82, 2.24) is 10.6 Å². The molecule has 0 heterocycles. The molecule has 24 heavy (non-hydrogen) atoms. The predicted molar refractivity (Wildman–Crippen MR) is 95.9 cm³/mol. The monoisotopic (exact) mass is 344 g/mol. The molecule has 0 aromatic rings. The SMILES string of the molecule is CCNC(=O)CC(C)(C)COCC(C)(C)CNC(=O)OC(C)(C)C. The highest BCUT2D eigenvalue weighted by molar-refractivity contribution is 5.76. The van der Waals surface area contributed by atoms with Crippen molar-refractivity contribution in [2.24, 2.45) is 10.8 Å². The van der Waals surface area contributed by atoms with Crippen molar-refractivity contribution in [3.63, 3.8) is 0 Å². The smallest absolute Gasteiger partial charge is 0.407 e. The summed E-state index contributed by atoms with van der Waals surface area (Å²) in [5.41, 5.74) is -0.958. The van der Waals surface area contributed by atoms with Crippen LogP contribution in [0.5, 0.6) is 0 Å². The molecule has 6 heteroatoms. The normalized spacial score (nSPS) is 12.7. The van der Waals surface area contributed by atoms with Crippen molar-refractivity contribution < 1.29 is 19.1 Å². The van der Waals surface area contributed by atoms with Crippen molar-refractivity contribution in [3.8, 4) is 0 Å². The summed E-state index contributed by atoms with van der Waals surface area (Å²) in [4.78, 5) is 23.4. The Bertz CT molecular complexity index is 412. The van der Waals surface area contributed by atoms with Gasteiger partial charge in [-0.05, 0) is 33.1 Å². The highest BCUT2D eigenvalue weighted by Crippen LogP contribution is 2.23. The minimum atomic E-state index is -0.506. The van der Waals surface area contributed by atoms with Crippen LogP contribution in [0, 0.1) is 10.8 Å². The van der Waals surface area contributed by atoms with Crippen molar-refractivity contribution in [3.05, 3.63) is 0 Å². The van der Waals surface area contributed by atoms with Gasteiger partial charge in [0.1, 0.15) is 5.60 Å². The fourth-order valence-corrected chi connectivity index (χ4v) is 2.03. The minimum Gasteiger partial charge on any atom is -0.444 e. The van der Waals surface area contributed by atoms with Crippen LogP contribution in [-0.4, -0.2) is 43.9 Å². The van der Waals surface area contributed by atoms with Crippen LogP contribution in [0.3, 0.4) is 0 Å². The molecule has 0 radical (unpaired) electrons. The van der Waals surface area contributed by atoms with E-state index in [1.165, 1.54) is 0 Å². The molecule has 0 aliphatic heterocycles. The van der Waals surface area contributed by atoms with Crippen molar-refractivity contribution in [2.75, 3.05) is 26.3 Å². The maximum atomic E-state index is 11.7. The van der Waals surface area contributed by atoms with Gasteiger partial charge in [0.2, 0.25) is 5.91 Å². The van der Waals surface area contributed by atoms with E-state index >= 15 is 0 Å². The topological polar surface area (TPSA) is 76.7 Å². The van der Waals surface area contributed by atoms with Gasteiger partial charge in [0.25, 0.3) is 0 Å². The van der Waals surface area contributed by atoms with Crippen LogP contribution in [0.4, 0.5) is 4.79 Å². The zero-order valence-corrected chi connectivity index (χ0v) is 16.7. The van der Waals surface area contributed by atoms with E-state index in [2.05, 4.69) is 10.6 Å². The summed E-state index contributed by atoms with van der Waals surface area (Å²) < 4.78 is 11.0. The predicted octanol–water partition coefficient (Wildman–Crippen LogP) is 3.11. The average molecular weight is 344 g/mol. The number of nitrogens with one attached hydrogen (secondary N) is 2. The fourth-order valence-electron chi connectivity index (χ4n) is 2.03. The van der Waals surface area contributed by atoms with Gasteiger partial charge in [-0.2, -0.15) is 0 Å². The Hall–Kier alpha value is -1.30.